The summed E-state index contributed by atoms with van der Waals surface area (Å²) in [6, 6.07) is 7.75. The normalized spacial score (nSPS) is 10.8. The molecule has 1 aromatic heterocycles. The molecule has 1 heterocycles. The zero-order chi connectivity index (χ0) is 16.9. The number of benzene rings is 1. The Labute approximate surface area is 153 Å². The van der Waals surface area contributed by atoms with Crippen LogP contribution in [-0.4, -0.2) is 29.6 Å². The van der Waals surface area contributed by atoms with Crippen LogP contribution in [0, 0.1) is 0 Å². The zero-order valence-electron chi connectivity index (χ0n) is 14.2. The van der Waals surface area contributed by atoms with Gasteiger partial charge in [-0.3, -0.25) is 4.79 Å². The monoisotopic (exact) mass is 369 g/mol. The topological polar surface area (TPSA) is 77.2 Å². The van der Waals surface area contributed by atoms with Crippen molar-refractivity contribution >= 4 is 29.7 Å². The third-order valence-corrected chi connectivity index (χ3v) is 4.16. The summed E-state index contributed by atoms with van der Waals surface area (Å²) < 4.78 is 5.56. The van der Waals surface area contributed by atoms with Crippen molar-refractivity contribution in [1.82, 2.24) is 10.3 Å². The molecule has 2 rings (SSSR count). The van der Waals surface area contributed by atoms with Gasteiger partial charge in [0.1, 0.15) is 16.5 Å². The summed E-state index contributed by atoms with van der Waals surface area (Å²) in [6.07, 6.45) is 0.978. The summed E-state index contributed by atoms with van der Waals surface area (Å²) in [5.74, 6) is 0.640. The molecule has 0 spiro atoms. The fourth-order valence-electron chi connectivity index (χ4n) is 1.85. The van der Waals surface area contributed by atoms with Crippen LogP contribution in [0.3, 0.4) is 0 Å². The lowest BCUT2D eigenvalue weighted by atomic mass is 10.1. The third-order valence-electron chi connectivity index (χ3n) is 3.27. The quantitative estimate of drug-likeness (QED) is 0.783. The van der Waals surface area contributed by atoms with Crippen LogP contribution in [0.2, 0.25) is 0 Å². The van der Waals surface area contributed by atoms with Crippen LogP contribution in [0.15, 0.2) is 29.6 Å². The lowest BCUT2D eigenvalue weighted by molar-refractivity contribution is 0.0911. The van der Waals surface area contributed by atoms with Crippen LogP contribution in [0.1, 0.15) is 37.7 Å². The summed E-state index contributed by atoms with van der Waals surface area (Å²) in [7, 11) is 0. The molecule has 0 aliphatic heterocycles. The fraction of sp³-hybridized carbons (Fsp3) is 0.412. The number of nitrogens with zero attached hydrogens (tertiary/aromatic N) is 1. The third kappa shape index (κ3) is 5.47. The molecule has 5 nitrogen and oxygen atoms in total. The standard InChI is InChI=1S/C17H23N3O2S.ClH/c1-4-9-22-13-7-5-12(6-8-13)16-19-14(10-23-16)15(21)20-17(2,3)11-18;/h5-8,10H,4,9,11,18H2,1-3H3,(H,20,21);1H. The molecule has 0 aliphatic carbocycles. The largest absolute Gasteiger partial charge is 0.494 e. The lowest BCUT2D eigenvalue weighted by Gasteiger charge is -2.23. The van der Waals surface area contributed by atoms with Gasteiger partial charge in [-0.2, -0.15) is 0 Å². The first kappa shape index (κ1) is 20.4. The molecule has 1 amide bonds. The molecule has 3 N–H and O–H groups in total. The number of halogens is 1. The van der Waals surface area contributed by atoms with Crippen molar-refractivity contribution in [2.75, 3.05) is 13.2 Å². The first-order chi connectivity index (χ1) is 10.9. The number of rotatable bonds is 7. The fourth-order valence-corrected chi connectivity index (χ4v) is 2.65. The highest BCUT2D eigenvalue weighted by Crippen LogP contribution is 2.26. The second-order valence-electron chi connectivity index (χ2n) is 5.95. The number of thiazole rings is 1. The zero-order valence-corrected chi connectivity index (χ0v) is 15.8. The van der Waals surface area contributed by atoms with Crippen molar-refractivity contribution in [2.45, 2.75) is 32.7 Å². The molecule has 0 fully saturated rings. The van der Waals surface area contributed by atoms with Gasteiger partial charge in [0.2, 0.25) is 0 Å². The SMILES string of the molecule is CCCOc1ccc(-c2nc(C(=O)NC(C)(C)CN)cs2)cc1.Cl. The number of hydrogen-bond donors (Lipinski definition) is 2. The van der Waals surface area contributed by atoms with Crippen LogP contribution in [0.5, 0.6) is 5.75 Å². The minimum atomic E-state index is -0.445. The van der Waals surface area contributed by atoms with Gasteiger partial charge in [0, 0.05) is 23.0 Å². The Morgan fingerprint density at radius 1 is 1.33 bits per heavy atom. The van der Waals surface area contributed by atoms with Gasteiger partial charge in [0.15, 0.2) is 0 Å². The number of nitrogens with two attached hydrogens (primary N) is 1. The summed E-state index contributed by atoms with van der Waals surface area (Å²) in [4.78, 5) is 16.6. The molecular weight excluding hydrogens is 346 g/mol. The van der Waals surface area contributed by atoms with E-state index in [0.717, 1.165) is 22.7 Å². The second kappa shape index (κ2) is 9.01. The Balaban J connectivity index is 0.00000288. The predicted molar refractivity (Wildman–Crippen MR) is 101 cm³/mol. The van der Waals surface area contributed by atoms with Gasteiger partial charge < -0.3 is 15.8 Å². The van der Waals surface area contributed by atoms with Gasteiger partial charge in [-0.1, -0.05) is 6.92 Å². The molecule has 24 heavy (non-hydrogen) atoms. The molecule has 0 bridgehead atoms. The van der Waals surface area contributed by atoms with E-state index in [9.17, 15) is 4.79 Å². The smallest absolute Gasteiger partial charge is 0.271 e. The highest BCUT2D eigenvalue weighted by molar-refractivity contribution is 7.13. The molecular formula is C17H24ClN3O2S. The van der Waals surface area contributed by atoms with E-state index in [-0.39, 0.29) is 18.3 Å². The summed E-state index contributed by atoms with van der Waals surface area (Å²) in [6.45, 7) is 6.91. The summed E-state index contributed by atoms with van der Waals surface area (Å²) >= 11 is 1.44. The highest BCUT2D eigenvalue weighted by Gasteiger charge is 2.21. The predicted octanol–water partition coefficient (Wildman–Crippen LogP) is 3.49. The number of carbonyl (C=O) groups is 1. The van der Waals surface area contributed by atoms with Crippen molar-refractivity contribution in [1.29, 1.82) is 0 Å². The number of ether oxygens (including phenoxy) is 1. The maximum Gasteiger partial charge on any atom is 0.271 e. The molecule has 132 valence electrons. The average Bonchev–Trinajstić information content (AvgIpc) is 3.03. The van der Waals surface area contributed by atoms with Gasteiger partial charge in [-0.15, -0.1) is 23.7 Å². The van der Waals surface area contributed by atoms with Gasteiger partial charge in [0.05, 0.1) is 6.61 Å². The number of carbonyl (C=O) groups excluding carboxylic acids is 1. The van der Waals surface area contributed by atoms with Crippen LogP contribution in [-0.2, 0) is 0 Å². The van der Waals surface area contributed by atoms with E-state index in [1.54, 1.807) is 5.38 Å². The molecule has 7 heteroatoms. The van der Waals surface area contributed by atoms with Gasteiger partial charge >= 0.3 is 0 Å². The van der Waals surface area contributed by atoms with Crippen molar-refractivity contribution in [3.05, 3.63) is 35.3 Å². The first-order valence-electron chi connectivity index (χ1n) is 7.66. The molecule has 0 unspecified atom stereocenters. The number of hydrogen-bond acceptors (Lipinski definition) is 5. The Kier molecular flexibility index (Phi) is 7.66. The minimum absolute atomic E-state index is 0. The molecule has 0 saturated carbocycles. The summed E-state index contributed by atoms with van der Waals surface area (Å²) in [5.41, 5.74) is 6.57. The summed E-state index contributed by atoms with van der Waals surface area (Å²) in [5, 5.41) is 5.45. The Hall–Kier alpha value is -1.63. The number of nitrogens with one attached hydrogen (secondary N) is 1. The van der Waals surface area contributed by atoms with Crippen molar-refractivity contribution in [3.63, 3.8) is 0 Å². The van der Waals surface area contributed by atoms with Crippen LogP contribution < -0.4 is 15.8 Å². The van der Waals surface area contributed by atoms with E-state index >= 15 is 0 Å². The first-order valence-corrected chi connectivity index (χ1v) is 8.54. The Morgan fingerprint density at radius 3 is 2.58 bits per heavy atom. The van der Waals surface area contributed by atoms with Crippen molar-refractivity contribution < 1.29 is 9.53 Å². The van der Waals surface area contributed by atoms with Crippen molar-refractivity contribution in [3.8, 4) is 16.3 Å². The van der Waals surface area contributed by atoms with Gasteiger partial charge in [-0.05, 0) is 44.5 Å². The molecule has 0 radical (unpaired) electrons. The van der Waals surface area contributed by atoms with Crippen LogP contribution in [0.4, 0.5) is 0 Å². The highest BCUT2D eigenvalue weighted by atomic mass is 35.5. The lowest BCUT2D eigenvalue weighted by Crippen LogP contribution is -2.48. The van der Waals surface area contributed by atoms with E-state index in [4.69, 9.17) is 10.5 Å². The van der Waals surface area contributed by atoms with Gasteiger partial charge in [-0.25, -0.2) is 4.98 Å². The van der Waals surface area contributed by atoms with Gasteiger partial charge in [0.25, 0.3) is 5.91 Å². The van der Waals surface area contributed by atoms with Crippen LogP contribution >= 0.6 is 23.7 Å². The minimum Gasteiger partial charge on any atom is -0.494 e. The molecule has 1 aromatic carbocycles. The molecule has 0 saturated heterocycles. The van der Waals surface area contributed by atoms with Crippen molar-refractivity contribution in [2.24, 2.45) is 5.73 Å². The number of aromatic nitrogens is 1. The maximum absolute atomic E-state index is 12.2. The Morgan fingerprint density at radius 2 is 2.00 bits per heavy atom. The second-order valence-corrected chi connectivity index (χ2v) is 6.81. The van der Waals surface area contributed by atoms with E-state index in [1.807, 2.05) is 38.1 Å². The van der Waals surface area contributed by atoms with E-state index in [1.165, 1.54) is 11.3 Å². The van der Waals surface area contributed by atoms with E-state index in [0.29, 0.717) is 18.8 Å². The Bertz CT molecular complexity index is 656. The molecule has 0 atom stereocenters. The molecule has 0 aliphatic rings. The average molecular weight is 370 g/mol. The molecule has 2 aromatic rings. The van der Waals surface area contributed by atoms with E-state index in [2.05, 4.69) is 17.2 Å². The van der Waals surface area contributed by atoms with Crippen LogP contribution in [0.25, 0.3) is 10.6 Å². The van der Waals surface area contributed by atoms with E-state index < -0.39 is 5.54 Å². The number of amides is 1. The maximum atomic E-state index is 12.2.